The van der Waals surface area contributed by atoms with E-state index < -0.39 is 49.9 Å². The first-order chi connectivity index (χ1) is 17.4. The second-order valence-corrected chi connectivity index (χ2v) is 14.2. The van der Waals surface area contributed by atoms with Crippen LogP contribution in [0.1, 0.15) is 68.6 Å². The highest BCUT2D eigenvalue weighted by molar-refractivity contribution is 9.10. The summed E-state index contributed by atoms with van der Waals surface area (Å²) >= 11 is 3.49. The summed E-state index contributed by atoms with van der Waals surface area (Å²) in [5.41, 5.74) is 1.05. The number of aromatic nitrogens is 1. The molecule has 0 spiro atoms. The third-order valence-corrected chi connectivity index (χ3v) is 8.95. The SMILES string of the molecule is CC(C)(C)NC(=O)OCC(c1cc(F)cc(F)c1)c1nc(C#CC(C)(C)S(C)(=O)=O)c2c(c1Br)CC(F)C2. The molecular weight excluding hydrogens is 585 g/mol. The van der Waals surface area contributed by atoms with Gasteiger partial charge in [0, 0.05) is 35.2 Å². The van der Waals surface area contributed by atoms with Crippen molar-refractivity contribution in [2.45, 2.75) is 69.8 Å². The molecule has 1 aromatic heterocycles. The van der Waals surface area contributed by atoms with Gasteiger partial charge >= 0.3 is 6.09 Å². The number of hydrogen-bond acceptors (Lipinski definition) is 5. The molecule has 1 aliphatic rings. The molecule has 206 valence electrons. The lowest BCUT2D eigenvalue weighted by Crippen LogP contribution is -2.41. The van der Waals surface area contributed by atoms with Crippen molar-refractivity contribution in [3.63, 3.8) is 0 Å². The van der Waals surface area contributed by atoms with Gasteiger partial charge in [-0.15, -0.1) is 0 Å². The molecule has 0 saturated heterocycles. The number of sulfone groups is 1. The van der Waals surface area contributed by atoms with Gasteiger partial charge in [0.2, 0.25) is 0 Å². The Balaban J connectivity index is 2.18. The largest absolute Gasteiger partial charge is 0.448 e. The van der Waals surface area contributed by atoms with Gasteiger partial charge in [-0.05, 0) is 85.3 Å². The summed E-state index contributed by atoms with van der Waals surface area (Å²) in [4.78, 5) is 17.0. The predicted molar refractivity (Wildman–Crippen MR) is 142 cm³/mol. The van der Waals surface area contributed by atoms with Crippen LogP contribution < -0.4 is 5.32 Å². The van der Waals surface area contributed by atoms with Crippen LogP contribution in [0.25, 0.3) is 0 Å². The zero-order valence-electron chi connectivity index (χ0n) is 22.0. The third-order valence-electron chi connectivity index (χ3n) is 6.11. The minimum atomic E-state index is -3.55. The number of carbonyl (C=O) groups excluding carboxylic acids is 1. The summed E-state index contributed by atoms with van der Waals surface area (Å²) in [7, 11) is -3.55. The van der Waals surface area contributed by atoms with E-state index in [0.29, 0.717) is 15.6 Å². The minimum absolute atomic E-state index is 0.0360. The number of nitrogens with one attached hydrogen (secondary N) is 1. The predicted octanol–water partition coefficient (Wildman–Crippen LogP) is 5.39. The molecule has 2 unspecified atom stereocenters. The van der Waals surface area contributed by atoms with E-state index in [9.17, 15) is 26.4 Å². The highest BCUT2D eigenvalue weighted by Gasteiger charge is 2.33. The number of benzene rings is 1. The average Bonchev–Trinajstić information content (AvgIpc) is 3.14. The van der Waals surface area contributed by atoms with E-state index in [0.717, 1.165) is 24.5 Å². The molecule has 1 heterocycles. The van der Waals surface area contributed by atoms with Crippen molar-refractivity contribution >= 4 is 31.9 Å². The molecule has 0 saturated carbocycles. The van der Waals surface area contributed by atoms with Crippen molar-refractivity contribution in [2.75, 3.05) is 12.9 Å². The molecule has 6 nitrogen and oxygen atoms in total. The van der Waals surface area contributed by atoms with Crippen LogP contribution in [0, 0.1) is 23.5 Å². The lowest BCUT2D eigenvalue weighted by Gasteiger charge is -2.23. The van der Waals surface area contributed by atoms with Crippen LogP contribution in [0.4, 0.5) is 18.0 Å². The van der Waals surface area contributed by atoms with Crippen LogP contribution in [0.15, 0.2) is 22.7 Å². The second-order valence-electron chi connectivity index (χ2n) is 10.9. The van der Waals surface area contributed by atoms with Gasteiger partial charge < -0.3 is 10.1 Å². The van der Waals surface area contributed by atoms with E-state index in [1.807, 2.05) is 0 Å². The summed E-state index contributed by atoms with van der Waals surface area (Å²) < 4.78 is 71.8. The van der Waals surface area contributed by atoms with Crippen molar-refractivity contribution in [1.29, 1.82) is 0 Å². The Morgan fingerprint density at radius 2 is 1.74 bits per heavy atom. The fourth-order valence-corrected chi connectivity index (χ4v) is 4.86. The normalized spacial score (nSPS) is 16.3. The smallest absolute Gasteiger partial charge is 0.407 e. The fourth-order valence-electron chi connectivity index (χ4n) is 3.86. The van der Waals surface area contributed by atoms with Crippen molar-refractivity contribution in [1.82, 2.24) is 10.3 Å². The van der Waals surface area contributed by atoms with Crippen molar-refractivity contribution < 1.29 is 31.1 Å². The van der Waals surface area contributed by atoms with Crippen LogP contribution in [-0.4, -0.2) is 48.8 Å². The molecule has 0 radical (unpaired) electrons. The van der Waals surface area contributed by atoms with Gasteiger partial charge in [-0.3, -0.25) is 0 Å². The first-order valence-electron chi connectivity index (χ1n) is 11.9. The number of alkyl carbamates (subject to hydrolysis) is 1. The Morgan fingerprint density at radius 1 is 1.16 bits per heavy atom. The standard InChI is InChI=1S/C27H30BrF3N2O4S/c1-26(2,3)33-25(34)37-14-21(15-9-16(29)11-17(30)10-15)24-23(28)20-13-18(31)12-19(20)22(32-24)7-8-27(4,5)38(6,35)36/h9-11,18,21H,12-14H2,1-6H3,(H,33,34). The molecule has 0 fully saturated rings. The molecule has 38 heavy (non-hydrogen) atoms. The van der Waals surface area contributed by atoms with Crippen molar-refractivity contribution in [3.8, 4) is 11.8 Å². The number of alkyl halides is 1. The molecule has 2 aromatic rings. The van der Waals surface area contributed by atoms with Gasteiger partial charge in [0.05, 0.1) is 11.6 Å². The van der Waals surface area contributed by atoms with Crippen molar-refractivity contribution in [2.24, 2.45) is 0 Å². The molecule has 1 aromatic carbocycles. The number of hydrogen-bond donors (Lipinski definition) is 1. The molecule has 3 rings (SSSR count). The summed E-state index contributed by atoms with van der Waals surface area (Å²) in [6.45, 7) is 7.87. The lowest BCUT2D eigenvalue weighted by atomic mass is 9.93. The van der Waals surface area contributed by atoms with Gasteiger partial charge in [-0.1, -0.05) is 5.92 Å². The lowest BCUT2D eigenvalue weighted by molar-refractivity contribution is 0.133. The first kappa shape index (κ1) is 30.0. The maximum Gasteiger partial charge on any atom is 0.407 e. The quantitative estimate of drug-likeness (QED) is 0.456. The van der Waals surface area contributed by atoms with Gasteiger partial charge in [0.25, 0.3) is 0 Å². The Labute approximate surface area is 229 Å². The molecule has 0 aliphatic heterocycles. The molecule has 1 amide bonds. The number of pyridine rings is 1. The number of fused-ring (bicyclic) bond motifs is 1. The molecular formula is C27H30BrF3N2O4S. The van der Waals surface area contributed by atoms with Crippen LogP contribution in [0.5, 0.6) is 0 Å². The summed E-state index contributed by atoms with van der Waals surface area (Å²) in [5.74, 6) is 2.92. The van der Waals surface area contributed by atoms with Gasteiger partial charge in [0.1, 0.15) is 34.9 Å². The highest BCUT2D eigenvalue weighted by Crippen LogP contribution is 2.39. The average molecular weight is 616 g/mol. The van der Waals surface area contributed by atoms with E-state index in [2.05, 4.69) is 38.1 Å². The van der Waals surface area contributed by atoms with Crippen LogP contribution in [-0.2, 0) is 27.4 Å². The van der Waals surface area contributed by atoms with Gasteiger partial charge in [0.15, 0.2) is 9.84 Å². The zero-order chi connectivity index (χ0) is 28.6. The molecule has 0 bridgehead atoms. The first-order valence-corrected chi connectivity index (χ1v) is 14.6. The molecule has 1 N–H and O–H groups in total. The van der Waals surface area contributed by atoms with E-state index in [-0.39, 0.29) is 36.4 Å². The van der Waals surface area contributed by atoms with Gasteiger partial charge in [-0.2, -0.15) is 0 Å². The number of rotatable bonds is 5. The van der Waals surface area contributed by atoms with Crippen LogP contribution >= 0.6 is 15.9 Å². The van der Waals surface area contributed by atoms with E-state index in [1.54, 1.807) is 20.8 Å². The molecule has 1 aliphatic carbocycles. The van der Waals surface area contributed by atoms with Crippen molar-refractivity contribution in [3.05, 3.63) is 62.4 Å². The van der Waals surface area contributed by atoms with Gasteiger partial charge in [-0.25, -0.2) is 31.4 Å². The second kappa shape index (κ2) is 10.9. The van der Waals surface area contributed by atoms with Crippen LogP contribution in [0.3, 0.4) is 0 Å². The molecule has 11 heteroatoms. The van der Waals surface area contributed by atoms with E-state index in [4.69, 9.17) is 4.74 Å². The fraction of sp³-hybridized carbons (Fsp3) is 0.481. The Bertz CT molecular complexity index is 1410. The Hall–Kier alpha value is -2.58. The Kier molecular flexibility index (Phi) is 8.59. The molecule has 2 atom stereocenters. The van der Waals surface area contributed by atoms with Crippen LogP contribution in [0.2, 0.25) is 0 Å². The zero-order valence-corrected chi connectivity index (χ0v) is 24.4. The number of amides is 1. The third kappa shape index (κ3) is 7.08. The monoisotopic (exact) mass is 614 g/mol. The summed E-state index contributed by atoms with van der Waals surface area (Å²) in [6, 6.07) is 2.93. The summed E-state index contributed by atoms with van der Waals surface area (Å²) in [6.07, 6.45) is -0.797. The van der Waals surface area contributed by atoms with E-state index in [1.165, 1.54) is 13.8 Å². The minimum Gasteiger partial charge on any atom is -0.448 e. The maximum absolute atomic E-state index is 14.5. The summed E-state index contributed by atoms with van der Waals surface area (Å²) in [5, 5.41) is 2.65. The number of halogens is 4. The number of carbonyl (C=O) groups is 1. The maximum atomic E-state index is 14.5. The topological polar surface area (TPSA) is 85.4 Å². The number of ether oxygens (including phenoxy) is 1. The highest BCUT2D eigenvalue weighted by atomic mass is 79.9. The number of nitrogens with zero attached hydrogens (tertiary/aromatic N) is 1. The van der Waals surface area contributed by atoms with E-state index >= 15 is 0 Å². The Morgan fingerprint density at radius 3 is 2.29 bits per heavy atom.